The second-order valence-corrected chi connectivity index (χ2v) is 4.19. The largest absolute Gasteiger partial charge is 0.382 e. The van der Waals surface area contributed by atoms with Gasteiger partial charge in [-0.25, -0.2) is 0 Å². The zero-order chi connectivity index (χ0) is 13.4. The van der Waals surface area contributed by atoms with Crippen LogP contribution in [0, 0.1) is 10.1 Å². The van der Waals surface area contributed by atoms with Gasteiger partial charge in [-0.1, -0.05) is 11.6 Å². The number of hydrogen-bond donors (Lipinski definition) is 1. The van der Waals surface area contributed by atoms with Crippen LogP contribution in [-0.4, -0.2) is 24.7 Å². The molecule has 1 aromatic carbocycles. The van der Waals surface area contributed by atoms with Crippen LogP contribution in [0.2, 0.25) is 5.02 Å². The molecule has 0 saturated carbocycles. The number of nitrogens with one attached hydrogen (secondary N) is 1. The summed E-state index contributed by atoms with van der Waals surface area (Å²) in [7, 11) is 0. The van der Waals surface area contributed by atoms with Crippen molar-refractivity contribution in [2.24, 2.45) is 0 Å². The lowest BCUT2D eigenvalue weighted by atomic mass is 10.2. The zero-order valence-electron chi connectivity index (χ0n) is 10.3. The van der Waals surface area contributed by atoms with Gasteiger partial charge < -0.3 is 10.1 Å². The first-order valence-electron chi connectivity index (χ1n) is 5.86. The Morgan fingerprint density at radius 2 is 2.28 bits per heavy atom. The van der Waals surface area contributed by atoms with Crippen molar-refractivity contribution in [1.82, 2.24) is 5.32 Å². The number of nitro groups is 1. The molecule has 0 amide bonds. The number of nitrogens with zero attached hydrogens (tertiary/aromatic N) is 1. The van der Waals surface area contributed by atoms with Crippen LogP contribution in [0.3, 0.4) is 0 Å². The number of benzene rings is 1. The molecular weight excluding hydrogens is 256 g/mol. The molecule has 18 heavy (non-hydrogen) atoms. The highest BCUT2D eigenvalue weighted by molar-refractivity contribution is 6.30. The molecule has 100 valence electrons. The van der Waals surface area contributed by atoms with Gasteiger partial charge in [0.15, 0.2) is 0 Å². The molecule has 0 radical (unpaired) electrons. The molecule has 1 N–H and O–H groups in total. The number of hydrogen-bond acceptors (Lipinski definition) is 4. The van der Waals surface area contributed by atoms with Crippen LogP contribution >= 0.6 is 11.6 Å². The van der Waals surface area contributed by atoms with Crippen molar-refractivity contribution in [1.29, 1.82) is 0 Å². The van der Waals surface area contributed by atoms with Crippen molar-refractivity contribution in [3.05, 3.63) is 38.9 Å². The normalized spacial score (nSPS) is 10.6. The summed E-state index contributed by atoms with van der Waals surface area (Å²) in [6, 6.07) is 4.71. The summed E-state index contributed by atoms with van der Waals surface area (Å²) in [5.74, 6) is 0. The van der Waals surface area contributed by atoms with Crippen LogP contribution in [0.1, 0.15) is 18.9 Å². The Morgan fingerprint density at radius 3 is 2.94 bits per heavy atom. The molecular formula is C12H17ClN2O3. The van der Waals surface area contributed by atoms with Crippen molar-refractivity contribution in [3.63, 3.8) is 0 Å². The van der Waals surface area contributed by atoms with E-state index in [2.05, 4.69) is 5.32 Å². The second kappa shape index (κ2) is 8.02. The highest BCUT2D eigenvalue weighted by Crippen LogP contribution is 2.22. The molecule has 0 saturated heterocycles. The fourth-order valence-corrected chi connectivity index (χ4v) is 1.69. The molecule has 0 fully saturated rings. The Morgan fingerprint density at radius 1 is 1.50 bits per heavy atom. The van der Waals surface area contributed by atoms with Gasteiger partial charge in [0.05, 0.1) is 4.92 Å². The van der Waals surface area contributed by atoms with Crippen molar-refractivity contribution in [3.8, 4) is 0 Å². The topological polar surface area (TPSA) is 64.4 Å². The Bertz CT molecular complexity index is 399. The van der Waals surface area contributed by atoms with Gasteiger partial charge in [-0.15, -0.1) is 0 Å². The fraction of sp³-hybridized carbons (Fsp3) is 0.500. The minimum Gasteiger partial charge on any atom is -0.382 e. The average molecular weight is 273 g/mol. The fourth-order valence-electron chi connectivity index (χ4n) is 1.52. The third-order valence-corrected chi connectivity index (χ3v) is 2.64. The summed E-state index contributed by atoms with van der Waals surface area (Å²) in [6.07, 6.45) is 0.884. The highest BCUT2D eigenvalue weighted by Gasteiger charge is 2.13. The van der Waals surface area contributed by atoms with Crippen molar-refractivity contribution < 1.29 is 9.66 Å². The summed E-state index contributed by atoms with van der Waals surface area (Å²) in [6.45, 7) is 4.58. The van der Waals surface area contributed by atoms with E-state index in [0.717, 1.165) is 13.0 Å². The van der Waals surface area contributed by atoms with Gasteiger partial charge in [0.2, 0.25) is 0 Å². The maximum absolute atomic E-state index is 10.8. The smallest absolute Gasteiger partial charge is 0.275 e. The van der Waals surface area contributed by atoms with Crippen LogP contribution in [-0.2, 0) is 11.3 Å². The first-order valence-corrected chi connectivity index (χ1v) is 6.24. The first-order chi connectivity index (χ1) is 8.65. The number of halogens is 1. The maximum atomic E-state index is 10.8. The van der Waals surface area contributed by atoms with E-state index in [0.29, 0.717) is 30.3 Å². The Labute approximate surface area is 111 Å². The lowest BCUT2D eigenvalue weighted by molar-refractivity contribution is -0.385. The summed E-state index contributed by atoms with van der Waals surface area (Å²) < 4.78 is 5.20. The van der Waals surface area contributed by atoms with Gasteiger partial charge >= 0.3 is 0 Å². The van der Waals surface area contributed by atoms with E-state index in [-0.39, 0.29) is 5.69 Å². The van der Waals surface area contributed by atoms with E-state index in [9.17, 15) is 10.1 Å². The van der Waals surface area contributed by atoms with Crippen LogP contribution < -0.4 is 5.32 Å². The molecule has 0 aliphatic carbocycles. The average Bonchev–Trinajstić information content (AvgIpc) is 2.35. The molecule has 5 nitrogen and oxygen atoms in total. The maximum Gasteiger partial charge on any atom is 0.275 e. The molecule has 1 rings (SSSR count). The van der Waals surface area contributed by atoms with Crippen molar-refractivity contribution >= 4 is 17.3 Å². The summed E-state index contributed by atoms with van der Waals surface area (Å²) in [4.78, 5) is 10.4. The molecule has 1 aromatic rings. The molecule has 6 heteroatoms. The Hall–Kier alpha value is -1.17. The third-order valence-electron chi connectivity index (χ3n) is 2.41. The van der Waals surface area contributed by atoms with Crippen LogP contribution in [0.5, 0.6) is 0 Å². The number of ether oxygens (including phenoxy) is 1. The zero-order valence-corrected chi connectivity index (χ0v) is 11.1. The summed E-state index contributed by atoms with van der Waals surface area (Å²) in [5, 5.41) is 14.4. The van der Waals surface area contributed by atoms with Crippen LogP contribution in [0.4, 0.5) is 5.69 Å². The minimum absolute atomic E-state index is 0.0554. The predicted octanol–water partition coefficient (Wildman–Crippen LogP) is 2.76. The van der Waals surface area contributed by atoms with E-state index in [1.54, 1.807) is 12.1 Å². The lowest BCUT2D eigenvalue weighted by Gasteiger charge is -2.06. The predicted molar refractivity (Wildman–Crippen MR) is 70.9 cm³/mol. The van der Waals surface area contributed by atoms with Crippen molar-refractivity contribution in [2.75, 3.05) is 19.8 Å². The van der Waals surface area contributed by atoms with Gasteiger partial charge in [0, 0.05) is 36.4 Å². The van der Waals surface area contributed by atoms with E-state index < -0.39 is 4.92 Å². The van der Waals surface area contributed by atoms with Crippen LogP contribution in [0.25, 0.3) is 0 Å². The number of rotatable bonds is 8. The van der Waals surface area contributed by atoms with E-state index >= 15 is 0 Å². The first kappa shape index (κ1) is 14.9. The lowest BCUT2D eigenvalue weighted by Crippen LogP contribution is -2.17. The van der Waals surface area contributed by atoms with E-state index in [1.807, 2.05) is 6.92 Å². The SMILES string of the molecule is CCOCCCNCc1ccc(Cl)cc1[N+](=O)[O-]. The Balaban J connectivity index is 2.44. The molecule has 0 heterocycles. The Kier molecular flexibility index (Phi) is 6.64. The molecule has 0 atom stereocenters. The van der Waals surface area contributed by atoms with Crippen LogP contribution in [0.15, 0.2) is 18.2 Å². The van der Waals surface area contributed by atoms with Gasteiger partial charge in [0.1, 0.15) is 0 Å². The van der Waals surface area contributed by atoms with Crippen molar-refractivity contribution in [2.45, 2.75) is 19.9 Å². The standard InChI is InChI=1S/C12H17ClN2O3/c1-2-18-7-3-6-14-9-10-4-5-11(13)8-12(10)15(16)17/h4-5,8,14H,2-3,6-7,9H2,1H3. The minimum atomic E-state index is -0.414. The van der Waals surface area contributed by atoms with E-state index in [1.165, 1.54) is 6.07 Å². The van der Waals surface area contributed by atoms with E-state index in [4.69, 9.17) is 16.3 Å². The third kappa shape index (κ3) is 5.00. The van der Waals surface area contributed by atoms with Gasteiger partial charge in [0.25, 0.3) is 5.69 Å². The monoisotopic (exact) mass is 272 g/mol. The molecule has 0 unspecified atom stereocenters. The summed E-state index contributed by atoms with van der Waals surface area (Å²) in [5.41, 5.74) is 0.695. The molecule has 0 bridgehead atoms. The quantitative estimate of drug-likeness (QED) is 0.449. The molecule has 0 aliphatic heterocycles. The highest BCUT2D eigenvalue weighted by atomic mass is 35.5. The molecule has 0 aliphatic rings. The molecule has 0 aromatic heterocycles. The summed E-state index contributed by atoms with van der Waals surface area (Å²) >= 11 is 5.74. The van der Waals surface area contributed by atoms with Gasteiger partial charge in [-0.05, 0) is 32.0 Å². The number of nitro benzene ring substituents is 1. The molecule has 0 spiro atoms. The van der Waals surface area contributed by atoms with Gasteiger partial charge in [-0.2, -0.15) is 0 Å². The second-order valence-electron chi connectivity index (χ2n) is 3.76. The van der Waals surface area contributed by atoms with Gasteiger partial charge in [-0.3, -0.25) is 10.1 Å².